The third kappa shape index (κ3) is 3.16. The van der Waals surface area contributed by atoms with Crippen LogP contribution in [-0.4, -0.2) is 14.6 Å². The van der Waals surface area contributed by atoms with Crippen molar-refractivity contribution in [3.63, 3.8) is 0 Å². The molecule has 0 bridgehead atoms. The van der Waals surface area contributed by atoms with Gasteiger partial charge >= 0.3 is 0 Å². The normalized spacial score (nSPS) is 25.6. The maximum Gasteiger partial charge on any atom is 0.158 e. The Morgan fingerprint density at radius 1 is 1.19 bits per heavy atom. The van der Waals surface area contributed by atoms with Gasteiger partial charge in [0.25, 0.3) is 0 Å². The summed E-state index contributed by atoms with van der Waals surface area (Å²) in [6.07, 6.45) is 5.40. The molecule has 3 aromatic rings. The van der Waals surface area contributed by atoms with Crippen LogP contribution in [0.5, 0.6) is 0 Å². The Bertz CT molecular complexity index is 991. The standard InChI is InChI=1S/C23H28N4/c1-14-9-16(3)20(17(4)10-14)11-21-18(12-24)13-27-23(21)25-22(26-27)19-8-6-5-7-15(19)2/h5-8,13-14,16-17,20H,9-11H2,1-4H3,(H,25,26). The average molecular weight is 361 g/mol. The number of hydrogen-bond donors (Lipinski definition) is 1. The second kappa shape index (κ2) is 6.88. The average Bonchev–Trinajstić information content (AvgIpc) is 3.16. The molecule has 27 heavy (non-hydrogen) atoms. The van der Waals surface area contributed by atoms with E-state index in [1.54, 1.807) is 0 Å². The molecule has 4 heteroatoms. The van der Waals surface area contributed by atoms with Crippen LogP contribution in [0.2, 0.25) is 0 Å². The van der Waals surface area contributed by atoms with E-state index >= 15 is 0 Å². The molecule has 0 amide bonds. The first kappa shape index (κ1) is 17.9. The fourth-order valence-electron chi connectivity index (χ4n) is 5.16. The lowest BCUT2D eigenvalue weighted by molar-refractivity contribution is 0.136. The first-order chi connectivity index (χ1) is 13.0. The number of H-pyrrole nitrogens is 1. The van der Waals surface area contributed by atoms with E-state index in [9.17, 15) is 5.26 Å². The molecule has 0 saturated heterocycles. The van der Waals surface area contributed by atoms with Crippen LogP contribution in [-0.2, 0) is 6.42 Å². The zero-order valence-corrected chi connectivity index (χ0v) is 16.7. The molecule has 1 aliphatic carbocycles. The molecule has 1 aliphatic rings. The van der Waals surface area contributed by atoms with Gasteiger partial charge in [0, 0.05) is 17.3 Å². The van der Waals surface area contributed by atoms with Crippen LogP contribution in [0.25, 0.3) is 17.0 Å². The van der Waals surface area contributed by atoms with Crippen molar-refractivity contribution in [2.24, 2.45) is 23.7 Å². The van der Waals surface area contributed by atoms with Gasteiger partial charge in [0.2, 0.25) is 0 Å². The summed E-state index contributed by atoms with van der Waals surface area (Å²) in [5.74, 6) is 3.64. The molecule has 1 saturated carbocycles. The van der Waals surface area contributed by atoms with Crippen LogP contribution < -0.4 is 0 Å². The quantitative estimate of drug-likeness (QED) is 0.682. The number of fused-ring (bicyclic) bond motifs is 1. The maximum absolute atomic E-state index is 9.67. The fourth-order valence-corrected chi connectivity index (χ4v) is 5.16. The van der Waals surface area contributed by atoms with E-state index in [0.717, 1.165) is 40.5 Å². The number of aromatic nitrogens is 3. The second-order valence-corrected chi connectivity index (χ2v) is 8.61. The Labute approximate surface area is 161 Å². The summed E-state index contributed by atoms with van der Waals surface area (Å²) >= 11 is 0. The summed E-state index contributed by atoms with van der Waals surface area (Å²) in [6, 6.07) is 10.7. The van der Waals surface area contributed by atoms with Crippen LogP contribution >= 0.6 is 0 Å². The number of nitrogens with zero attached hydrogens (tertiary/aromatic N) is 3. The molecule has 2 aromatic heterocycles. The number of benzene rings is 1. The minimum atomic E-state index is 0.609. The van der Waals surface area contributed by atoms with Crippen molar-refractivity contribution >= 4 is 5.65 Å². The van der Waals surface area contributed by atoms with Crippen molar-refractivity contribution in [3.8, 4) is 17.5 Å². The summed E-state index contributed by atoms with van der Waals surface area (Å²) in [5, 5.41) is 13.0. The van der Waals surface area contributed by atoms with Crippen molar-refractivity contribution < 1.29 is 0 Å². The van der Waals surface area contributed by atoms with Gasteiger partial charge in [0.05, 0.1) is 5.56 Å². The Morgan fingerprint density at radius 2 is 1.89 bits per heavy atom. The molecule has 1 N–H and O–H groups in total. The van der Waals surface area contributed by atoms with E-state index in [1.807, 2.05) is 22.8 Å². The number of aromatic amines is 1. The first-order valence-corrected chi connectivity index (χ1v) is 10.0. The van der Waals surface area contributed by atoms with Crippen LogP contribution in [0.15, 0.2) is 30.5 Å². The monoisotopic (exact) mass is 360 g/mol. The molecule has 4 nitrogen and oxygen atoms in total. The fraction of sp³-hybridized carbons (Fsp3) is 0.478. The maximum atomic E-state index is 9.67. The first-order valence-electron chi connectivity index (χ1n) is 10.0. The highest BCUT2D eigenvalue weighted by atomic mass is 15.3. The van der Waals surface area contributed by atoms with Crippen molar-refractivity contribution in [1.82, 2.24) is 14.6 Å². The van der Waals surface area contributed by atoms with Gasteiger partial charge < -0.3 is 0 Å². The summed E-state index contributed by atoms with van der Waals surface area (Å²) < 4.78 is 1.93. The van der Waals surface area contributed by atoms with Gasteiger partial charge in [-0.1, -0.05) is 45.0 Å². The van der Waals surface area contributed by atoms with E-state index in [4.69, 9.17) is 4.98 Å². The summed E-state index contributed by atoms with van der Waals surface area (Å²) in [6.45, 7) is 9.21. The Morgan fingerprint density at radius 3 is 2.56 bits per heavy atom. The minimum absolute atomic E-state index is 0.609. The summed E-state index contributed by atoms with van der Waals surface area (Å²) in [4.78, 5) is 4.90. The summed E-state index contributed by atoms with van der Waals surface area (Å²) in [7, 11) is 0. The largest absolute Gasteiger partial charge is 0.275 e. The van der Waals surface area contributed by atoms with Crippen molar-refractivity contribution in [3.05, 3.63) is 47.2 Å². The molecule has 2 atom stereocenters. The Balaban J connectivity index is 1.74. The molecule has 2 unspecified atom stereocenters. The van der Waals surface area contributed by atoms with Gasteiger partial charge in [-0.25, -0.2) is 9.50 Å². The molecular formula is C23H28N4. The van der Waals surface area contributed by atoms with Crippen LogP contribution in [0.4, 0.5) is 0 Å². The molecular weight excluding hydrogens is 332 g/mol. The number of aryl methyl sites for hydroxylation is 1. The lowest BCUT2D eigenvalue weighted by atomic mass is 9.67. The van der Waals surface area contributed by atoms with E-state index in [0.29, 0.717) is 17.8 Å². The predicted octanol–water partition coefficient (Wildman–Crippen LogP) is 5.37. The second-order valence-electron chi connectivity index (χ2n) is 8.61. The van der Waals surface area contributed by atoms with Crippen LogP contribution in [0.1, 0.15) is 50.3 Å². The molecule has 140 valence electrons. The van der Waals surface area contributed by atoms with Gasteiger partial charge in [-0.15, -0.1) is 0 Å². The van der Waals surface area contributed by atoms with Gasteiger partial charge in [-0.05, 0) is 55.4 Å². The summed E-state index contributed by atoms with van der Waals surface area (Å²) in [5.41, 5.74) is 5.07. The minimum Gasteiger partial charge on any atom is -0.275 e. The van der Waals surface area contributed by atoms with Gasteiger partial charge in [0.1, 0.15) is 6.07 Å². The highest BCUT2D eigenvalue weighted by Crippen LogP contribution is 2.40. The van der Waals surface area contributed by atoms with Crippen molar-refractivity contribution in [2.45, 2.75) is 47.0 Å². The van der Waals surface area contributed by atoms with E-state index in [-0.39, 0.29) is 0 Å². The molecule has 2 heterocycles. The van der Waals surface area contributed by atoms with Gasteiger partial charge in [-0.3, -0.25) is 5.10 Å². The van der Waals surface area contributed by atoms with E-state index in [2.05, 4.69) is 51.0 Å². The van der Waals surface area contributed by atoms with Gasteiger partial charge in [-0.2, -0.15) is 5.26 Å². The number of nitriles is 1. The lowest BCUT2D eigenvalue weighted by Crippen LogP contribution is -2.30. The van der Waals surface area contributed by atoms with Crippen LogP contribution in [0.3, 0.4) is 0 Å². The van der Waals surface area contributed by atoms with E-state index in [1.165, 1.54) is 18.4 Å². The zero-order valence-electron chi connectivity index (χ0n) is 16.7. The Kier molecular flexibility index (Phi) is 4.55. The van der Waals surface area contributed by atoms with Crippen LogP contribution in [0, 0.1) is 41.9 Å². The molecule has 1 aromatic carbocycles. The third-order valence-electron chi connectivity index (χ3n) is 6.50. The zero-order chi connectivity index (χ0) is 19.1. The third-order valence-corrected chi connectivity index (χ3v) is 6.50. The molecule has 4 rings (SSSR count). The topological polar surface area (TPSA) is 56.9 Å². The number of rotatable bonds is 3. The number of nitrogens with one attached hydrogen (secondary N) is 1. The lowest BCUT2D eigenvalue weighted by Gasteiger charge is -2.38. The SMILES string of the molecule is Cc1ccccc1-c1nc2c(CC3C(C)CC(C)CC3C)c(C#N)cn2[nH]1. The van der Waals surface area contributed by atoms with E-state index < -0.39 is 0 Å². The van der Waals surface area contributed by atoms with Crippen molar-refractivity contribution in [2.75, 3.05) is 0 Å². The van der Waals surface area contributed by atoms with Crippen molar-refractivity contribution in [1.29, 1.82) is 5.26 Å². The predicted molar refractivity (Wildman–Crippen MR) is 108 cm³/mol. The van der Waals surface area contributed by atoms with Gasteiger partial charge in [0.15, 0.2) is 11.5 Å². The highest BCUT2D eigenvalue weighted by Gasteiger charge is 2.33. The molecule has 1 fully saturated rings. The number of hydrogen-bond acceptors (Lipinski definition) is 2. The molecule has 0 radical (unpaired) electrons. The molecule has 0 aliphatic heterocycles. The molecule has 0 spiro atoms. The Hall–Kier alpha value is -2.54. The smallest absolute Gasteiger partial charge is 0.158 e. The highest BCUT2D eigenvalue weighted by molar-refractivity contribution is 5.66.